The van der Waals surface area contributed by atoms with Gasteiger partial charge in [-0.1, -0.05) is 18.2 Å². The highest BCUT2D eigenvalue weighted by Crippen LogP contribution is 2.26. The molecule has 3 nitrogen and oxygen atoms in total. The third kappa shape index (κ3) is 3.21. The molecule has 3 rings (SSSR count). The maximum atomic E-state index is 11.9. The summed E-state index contributed by atoms with van der Waals surface area (Å²) in [7, 11) is 0. The van der Waals surface area contributed by atoms with Crippen LogP contribution in [-0.4, -0.2) is 23.7 Å². The molecular formula is C17H23NO2. The number of benzene rings is 1. The number of nitrogens with one attached hydrogen (secondary N) is 1. The largest absolute Gasteiger partial charge is 0.393 e. The summed E-state index contributed by atoms with van der Waals surface area (Å²) in [5.74, 6) is 0.569. The van der Waals surface area contributed by atoms with Crippen molar-refractivity contribution in [2.75, 3.05) is 6.54 Å². The molecule has 1 fully saturated rings. The Morgan fingerprint density at radius 1 is 1.20 bits per heavy atom. The quantitative estimate of drug-likeness (QED) is 0.881. The van der Waals surface area contributed by atoms with Crippen molar-refractivity contribution < 1.29 is 9.90 Å². The maximum absolute atomic E-state index is 11.9. The summed E-state index contributed by atoms with van der Waals surface area (Å²) in [5.41, 5.74) is 4.02. The monoisotopic (exact) mass is 273 g/mol. The second-order valence-electron chi connectivity index (χ2n) is 6.28. The van der Waals surface area contributed by atoms with Crippen molar-refractivity contribution in [3.8, 4) is 0 Å². The lowest BCUT2D eigenvalue weighted by Gasteiger charge is -2.31. The Hall–Kier alpha value is -1.35. The fraction of sp³-hybridized carbons (Fsp3) is 0.588. The van der Waals surface area contributed by atoms with E-state index in [1.165, 1.54) is 30.4 Å². The number of hydrogen-bond donors (Lipinski definition) is 2. The molecule has 2 aliphatic rings. The van der Waals surface area contributed by atoms with Crippen LogP contribution < -0.4 is 5.32 Å². The third-order valence-corrected chi connectivity index (χ3v) is 4.58. The highest BCUT2D eigenvalue weighted by atomic mass is 16.3. The van der Waals surface area contributed by atoms with Crippen molar-refractivity contribution in [1.29, 1.82) is 0 Å². The minimum Gasteiger partial charge on any atom is -0.393 e. The van der Waals surface area contributed by atoms with E-state index in [0.717, 1.165) is 24.8 Å². The summed E-state index contributed by atoms with van der Waals surface area (Å²) in [5, 5.41) is 12.2. The van der Waals surface area contributed by atoms with Gasteiger partial charge >= 0.3 is 0 Å². The Labute approximate surface area is 120 Å². The zero-order chi connectivity index (χ0) is 13.9. The Morgan fingerprint density at radius 2 is 1.95 bits per heavy atom. The highest BCUT2D eigenvalue weighted by Gasteiger charge is 2.27. The Balaban J connectivity index is 1.50. The first-order valence-corrected chi connectivity index (χ1v) is 7.76. The second kappa shape index (κ2) is 5.96. The Morgan fingerprint density at radius 3 is 2.70 bits per heavy atom. The minimum atomic E-state index is -0.141. The van der Waals surface area contributed by atoms with Crippen LogP contribution in [0.4, 0.5) is 0 Å². The first kappa shape index (κ1) is 13.6. The van der Waals surface area contributed by atoms with Gasteiger partial charge in [-0.25, -0.2) is 0 Å². The van der Waals surface area contributed by atoms with Gasteiger partial charge in [-0.2, -0.15) is 0 Å². The van der Waals surface area contributed by atoms with Gasteiger partial charge in [0.2, 0.25) is 5.91 Å². The molecule has 20 heavy (non-hydrogen) atoms. The van der Waals surface area contributed by atoms with Crippen LogP contribution >= 0.6 is 0 Å². The number of hydrogen-bond acceptors (Lipinski definition) is 2. The topological polar surface area (TPSA) is 49.3 Å². The van der Waals surface area contributed by atoms with Crippen LogP contribution in [0, 0.1) is 5.92 Å². The van der Waals surface area contributed by atoms with E-state index in [-0.39, 0.29) is 12.0 Å². The summed E-state index contributed by atoms with van der Waals surface area (Å²) in [6.45, 7) is 0.709. The number of aliphatic hydroxyl groups excluding tert-OH is 1. The highest BCUT2D eigenvalue weighted by molar-refractivity contribution is 5.78. The van der Waals surface area contributed by atoms with Crippen molar-refractivity contribution in [1.82, 2.24) is 5.32 Å². The van der Waals surface area contributed by atoms with Crippen LogP contribution in [0.5, 0.6) is 0 Å². The van der Waals surface area contributed by atoms with E-state index in [1.54, 1.807) is 0 Å². The lowest BCUT2D eigenvalue weighted by Crippen LogP contribution is -2.38. The molecular weight excluding hydrogens is 250 g/mol. The third-order valence-electron chi connectivity index (χ3n) is 4.58. The molecule has 3 heteroatoms. The van der Waals surface area contributed by atoms with E-state index in [9.17, 15) is 9.90 Å². The molecule has 2 aliphatic carbocycles. The van der Waals surface area contributed by atoms with Gasteiger partial charge in [0.15, 0.2) is 0 Å². The van der Waals surface area contributed by atoms with Gasteiger partial charge in [0, 0.05) is 6.54 Å². The summed E-state index contributed by atoms with van der Waals surface area (Å²) in [6.07, 6.45) is 6.90. The number of aliphatic hydroxyl groups is 1. The first-order valence-electron chi connectivity index (χ1n) is 7.76. The first-order chi connectivity index (χ1) is 9.70. The lowest BCUT2D eigenvalue weighted by molar-refractivity contribution is -0.121. The van der Waals surface area contributed by atoms with Crippen LogP contribution in [0.3, 0.4) is 0 Å². The molecule has 1 saturated carbocycles. The Bertz CT molecular complexity index is 492. The van der Waals surface area contributed by atoms with Crippen molar-refractivity contribution in [2.24, 2.45) is 5.92 Å². The van der Waals surface area contributed by atoms with Gasteiger partial charge in [0.05, 0.1) is 12.5 Å². The van der Waals surface area contributed by atoms with Gasteiger partial charge in [0.1, 0.15) is 0 Å². The fourth-order valence-electron chi connectivity index (χ4n) is 3.27. The number of carbonyl (C=O) groups excluding carboxylic acids is 1. The molecule has 0 bridgehead atoms. The van der Waals surface area contributed by atoms with Gasteiger partial charge in [-0.05, 0) is 61.1 Å². The minimum absolute atomic E-state index is 0.0992. The molecule has 0 heterocycles. The van der Waals surface area contributed by atoms with Crippen molar-refractivity contribution in [3.05, 3.63) is 34.9 Å². The fourth-order valence-corrected chi connectivity index (χ4v) is 3.27. The molecule has 0 atom stereocenters. The molecule has 1 aromatic carbocycles. The SMILES string of the molecule is O=C(Cc1ccc2c(c1)CCCC2)NCC1CC(O)C1. The van der Waals surface area contributed by atoms with E-state index >= 15 is 0 Å². The number of rotatable bonds is 4. The molecule has 0 radical (unpaired) electrons. The maximum Gasteiger partial charge on any atom is 0.224 e. The van der Waals surface area contributed by atoms with Gasteiger partial charge in [-0.3, -0.25) is 4.79 Å². The second-order valence-corrected chi connectivity index (χ2v) is 6.28. The molecule has 0 unspecified atom stereocenters. The summed E-state index contributed by atoms with van der Waals surface area (Å²) >= 11 is 0. The van der Waals surface area contributed by atoms with Crippen LogP contribution in [0.15, 0.2) is 18.2 Å². The Kier molecular flexibility index (Phi) is 4.06. The smallest absolute Gasteiger partial charge is 0.224 e. The average Bonchev–Trinajstić information content (AvgIpc) is 2.42. The van der Waals surface area contributed by atoms with E-state index in [2.05, 4.69) is 23.5 Å². The van der Waals surface area contributed by atoms with Gasteiger partial charge in [0.25, 0.3) is 0 Å². The van der Waals surface area contributed by atoms with E-state index < -0.39 is 0 Å². The number of amides is 1. The molecule has 1 amide bonds. The average molecular weight is 273 g/mol. The standard InChI is InChI=1S/C17H23NO2/c19-16-8-13(9-16)11-18-17(20)10-12-5-6-14-3-1-2-4-15(14)7-12/h5-7,13,16,19H,1-4,8-11H2,(H,18,20). The van der Waals surface area contributed by atoms with E-state index in [4.69, 9.17) is 0 Å². The van der Waals surface area contributed by atoms with E-state index in [0.29, 0.717) is 18.9 Å². The molecule has 0 spiro atoms. The lowest BCUT2D eigenvalue weighted by atomic mass is 9.82. The molecule has 0 aliphatic heterocycles. The normalized spacial score (nSPS) is 24.6. The number of carbonyl (C=O) groups is 1. The summed E-state index contributed by atoms with van der Waals surface area (Å²) < 4.78 is 0. The van der Waals surface area contributed by atoms with Crippen molar-refractivity contribution >= 4 is 5.91 Å². The van der Waals surface area contributed by atoms with Crippen LogP contribution in [0.1, 0.15) is 42.4 Å². The van der Waals surface area contributed by atoms with Gasteiger partial charge in [-0.15, -0.1) is 0 Å². The summed E-state index contributed by atoms with van der Waals surface area (Å²) in [4.78, 5) is 11.9. The number of aryl methyl sites for hydroxylation is 2. The molecule has 0 aromatic heterocycles. The van der Waals surface area contributed by atoms with E-state index in [1.807, 2.05) is 0 Å². The zero-order valence-corrected chi connectivity index (χ0v) is 11.9. The summed E-state index contributed by atoms with van der Waals surface area (Å²) in [6, 6.07) is 6.50. The number of fused-ring (bicyclic) bond motifs is 1. The predicted molar refractivity (Wildman–Crippen MR) is 78.5 cm³/mol. The molecule has 1 aromatic rings. The van der Waals surface area contributed by atoms with Crippen molar-refractivity contribution in [3.63, 3.8) is 0 Å². The van der Waals surface area contributed by atoms with Gasteiger partial charge < -0.3 is 10.4 Å². The van der Waals surface area contributed by atoms with Crippen LogP contribution in [0.2, 0.25) is 0 Å². The predicted octanol–water partition coefficient (Wildman–Crippen LogP) is 2.00. The zero-order valence-electron chi connectivity index (χ0n) is 11.9. The molecule has 108 valence electrons. The van der Waals surface area contributed by atoms with Crippen LogP contribution in [0.25, 0.3) is 0 Å². The van der Waals surface area contributed by atoms with Crippen molar-refractivity contribution in [2.45, 2.75) is 51.0 Å². The molecule has 2 N–H and O–H groups in total. The molecule has 0 saturated heterocycles. The van der Waals surface area contributed by atoms with Crippen LogP contribution in [-0.2, 0) is 24.1 Å².